The number of hydrogen-bond acceptors (Lipinski definition) is 4. The predicted molar refractivity (Wildman–Crippen MR) is 80.1 cm³/mol. The second-order valence-corrected chi connectivity index (χ2v) is 5.10. The number of rotatable bonds is 10. The van der Waals surface area contributed by atoms with Gasteiger partial charge in [-0.1, -0.05) is 20.3 Å². The maximum absolute atomic E-state index is 12.4. The highest BCUT2D eigenvalue weighted by molar-refractivity contribution is 5.97. The van der Waals surface area contributed by atoms with Crippen LogP contribution in [0.3, 0.4) is 0 Å². The Balaban J connectivity index is 2.73. The molecule has 5 heteroatoms. The molecule has 0 spiro atoms. The molecule has 1 rings (SSSR count). The minimum absolute atomic E-state index is 0.114. The maximum atomic E-state index is 12.4. The van der Waals surface area contributed by atoms with E-state index in [1.165, 1.54) is 0 Å². The van der Waals surface area contributed by atoms with E-state index in [-0.39, 0.29) is 5.78 Å². The van der Waals surface area contributed by atoms with Crippen molar-refractivity contribution in [2.45, 2.75) is 52.5 Å². The van der Waals surface area contributed by atoms with E-state index in [9.17, 15) is 4.79 Å². The van der Waals surface area contributed by atoms with Gasteiger partial charge >= 0.3 is 0 Å². The van der Waals surface area contributed by atoms with Gasteiger partial charge in [-0.15, -0.1) is 0 Å². The van der Waals surface area contributed by atoms with Gasteiger partial charge in [0.2, 0.25) is 0 Å². The standard InChI is InChI=1S/C15H27N3O2/c1-4-10-18-15(14(20-3)11-17-18)13(19)7-6-12(5-2)8-9-16/h11-12H,4-10,16H2,1-3H3. The summed E-state index contributed by atoms with van der Waals surface area (Å²) in [6.07, 6.45) is 6.03. The summed E-state index contributed by atoms with van der Waals surface area (Å²) < 4.78 is 7.00. The van der Waals surface area contributed by atoms with Crippen molar-refractivity contribution in [1.29, 1.82) is 0 Å². The van der Waals surface area contributed by atoms with Crippen LogP contribution >= 0.6 is 0 Å². The molecule has 0 saturated carbocycles. The smallest absolute Gasteiger partial charge is 0.184 e. The summed E-state index contributed by atoms with van der Waals surface area (Å²) in [6, 6.07) is 0. The lowest BCUT2D eigenvalue weighted by Gasteiger charge is -2.13. The summed E-state index contributed by atoms with van der Waals surface area (Å²) in [5, 5.41) is 4.23. The lowest BCUT2D eigenvalue weighted by atomic mass is 9.95. The van der Waals surface area contributed by atoms with Crippen LogP contribution in [0.2, 0.25) is 0 Å². The number of aromatic nitrogens is 2. The van der Waals surface area contributed by atoms with Gasteiger partial charge in [0.05, 0.1) is 13.3 Å². The summed E-state index contributed by atoms with van der Waals surface area (Å²) in [7, 11) is 1.58. The summed E-state index contributed by atoms with van der Waals surface area (Å²) in [5.41, 5.74) is 6.20. The van der Waals surface area contributed by atoms with Crippen LogP contribution < -0.4 is 10.5 Å². The van der Waals surface area contributed by atoms with Crippen LogP contribution in [0.15, 0.2) is 6.20 Å². The van der Waals surface area contributed by atoms with Crippen LogP contribution in [0, 0.1) is 5.92 Å². The Morgan fingerprint density at radius 3 is 2.75 bits per heavy atom. The topological polar surface area (TPSA) is 70.1 Å². The van der Waals surface area contributed by atoms with Crippen LogP contribution in [0.5, 0.6) is 5.75 Å². The highest BCUT2D eigenvalue weighted by atomic mass is 16.5. The lowest BCUT2D eigenvalue weighted by molar-refractivity contribution is 0.0959. The van der Waals surface area contributed by atoms with Crippen LogP contribution in [0.1, 0.15) is 56.4 Å². The number of Topliss-reactive ketones (excluding diaryl/α,β-unsaturated/α-hetero) is 1. The number of nitrogens with two attached hydrogens (primary N) is 1. The van der Waals surface area contributed by atoms with Crippen molar-refractivity contribution in [2.24, 2.45) is 11.7 Å². The van der Waals surface area contributed by atoms with Gasteiger partial charge in [-0.25, -0.2) is 0 Å². The molecule has 0 bridgehead atoms. The number of ketones is 1. The molecular formula is C15H27N3O2. The number of carbonyl (C=O) groups excluding carboxylic acids is 1. The number of carbonyl (C=O) groups is 1. The second kappa shape index (κ2) is 8.74. The van der Waals surface area contributed by atoms with Crippen molar-refractivity contribution in [3.05, 3.63) is 11.9 Å². The number of aryl methyl sites for hydroxylation is 1. The average Bonchev–Trinajstić information content (AvgIpc) is 2.86. The predicted octanol–water partition coefficient (Wildman–Crippen LogP) is 2.64. The summed E-state index contributed by atoms with van der Waals surface area (Å²) in [6.45, 7) is 5.64. The number of methoxy groups -OCH3 is 1. The molecule has 114 valence electrons. The molecule has 1 heterocycles. The fourth-order valence-electron chi connectivity index (χ4n) is 2.42. The monoisotopic (exact) mass is 281 g/mol. The molecule has 1 unspecified atom stereocenters. The first-order valence-electron chi connectivity index (χ1n) is 7.50. The van der Waals surface area contributed by atoms with Crippen LogP contribution in [-0.2, 0) is 6.54 Å². The zero-order chi connectivity index (χ0) is 15.0. The van der Waals surface area contributed by atoms with Gasteiger partial charge < -0.3 is 10.5 Å². The van der Waals surface area contributed by atoms with E-state index >= 15 is 0 Å². The normalized spacial score (nSPS) is 12.4. The van der Waals surface area contributed by atoms with Crippen molar-refractivity contribution in [2.75, 3.05) is 13.7 Å². The van der Waals surface area contributed by atoms with Crippen LogP contribution in [0.25, 0.3) is 0 Å². The highest BCUT2D eigenvalue weighted by Gasteiger charge is 2.20. The van der Waals surface area contributed by atoms with E-state index in [0.29, 0.717) is 30.3 Å². The second-order valence-electron chi connectivity index (χ2n) is 5.10. The molecule has 5 nitrogen and oxygen atoms in total. The van der Waals surface area contributed by atoms with Crippen LogP contribution in [-0.4, -0.2) is 29.2 Å². The Morgan fingerprint density at radius 2 is 2.20 bits per heavy atom. The average molecular weight is 281 g/mol. The zero-order valence-electron chi connectivity index (χ0n) is 12.9. The molecule has 20 heavy (non-hydrogen) atoms. The van der Waals surface area contributed by atoms with Gasteiger partial charge in [0.15, 0.2) is 11.5 Å². The van der Waals surface area contributed by atoms with Crippen molar-refractivity contribution in [3.8, 4) is 5.75 Å². The third kappa shape index (κ3) is 4.34. The number of nitrogens with zero attached hydrogens (tertiary/aromatic N) is 2. The van der Waals surface area contributed by atoms with Gasteiger partial charge in [0.25, 0.3) is 0 Å². The Hall–Kier alpha value is -1.36. The van der Waals surface area contributed by atoms with Crippen molar-refractivity contribution >= 4 is 5.78 Å². The molecule has 0 saturated heterocycles. The first kappa shape index (κ1) is 16.7. The van der Waals surface area contributed by atoms with Gasteiger partial charge in [0.1, 0.15) is 5.69 Å². The Bertz CT molecular complexity index is 415. The maximum Gasteiger partial charge on any atom is 0.184 e. The van der Waals surface area contributed by atoms with Gasteiger partial charge in [0, 0.05) is 13.0 Å². The first-order valence-corrected chi connectivity index (χ1v) is 7.50. The third-order valence-electron chi connectivity index (χ3n) is 3.66. The van der Waals surface area contributed by atoms with Gasteiger partial charge in [-0.05, 0) is 31.7 Å². The summed E-state index contributed by atoms with van der Waals surface area (Å²) in [4.78, 5) is 12.4. The Labute approximate surface area is 121 Å². The van der Waals surface area contributed by atoms with E-state index in [2.05, 4.69) is 18.9 Å². The minimum Gasteiger partial charge on any atom is -0.493 e. The molecule has 0 radical (unpaired) electrons. The molecule has 0 amide bonds. The first-order chi connectivity index (χ1) is 9.67. The highest BCUT2D eigenvalue weighted by Crippen LogP contribution is 2.22. The molecule has 1 aromatic heterocycles. The molecule has 0 aliphatic heterocycles. The Morgan fingerprint density at radius 1 is 1.45 bits per heavy atom. The van der Waals surface area contributed by atoms with Crippen LogP contribution in [0.4, 0.5) is 0 Å². The van der Waals surface area contributed by atoms with E-state index in [1.54, 1.807) is 18.0 Å². The number of hydrogen-bond donors (Lipinski definition) is 1. The molecule has 0 aliphatic rings. The largest absolute Gasteiger partial charge is 0.493 e. The van der Waals surface area contributed by atoms with Gasteiger partial charge in [-0.3, -0.25) is 9.48 Å². The van der Waals surface area contributed by atoms with Crippen molar-refractivity contribution in [1.82, 2.24) is 9.78 Å². The van der Waals surface area contributed by atoms with E-state index in [4.69, 9.17) is 10.5 Å². The SMILES string of the molecule is CCCn1ncc(OC)c1C(=O)CCC(CC)CCN. The van der Waals surface area contributed by atoms with E-state index < -0.39 is 0 Å². The molecule has 0 aliphatic carbocycles. The van der Waals surface area contributed by atoms with Crippen molar-refractivity contribution < 1.29 is 9.53 Å². The molecule has 1 aromatic rings. The summed E-state index contributed by atoms with van der Waals surface area (Å²) in [5.74, 6) is 1.22. The molecule has 2 N–H and O–H groups in total. The molecule has 1 atom stereocenters. The lowest BCUT2D eigenvalue weighted by Crippen LogP contribution is -2.14. The fraction of sp³-hybridized carbons (Fsp3) is 0.733. The summed E-state index contributed by atoms with van der Waals surface area (Å²) >= 11 is 0. The zero-order valence-corrected chi connectivity index (χ0v) is 12.9. The number of ether oxygens (including phenoxy) is 1. The molecule has 0 aromatic carbocycles. The van der Waals surface area contributed by atoms with E-state index in [0.717, 1.165) is 32.2 Å². The molecule has 0 fully saturated rings. The van der Waals surface area contributed by atoms with Crippen molar-refractivity contribution in [3.63, 3.8) is 0 Å². The third-order valence-corrected chi connectivity index (χ3v) is 3.66. The molecular weight excluding hydrogens is 254 g/mol. The van der Waals surface area contributed by atoms with Gasteiger partial charge in [-0.2, -0.15) is 5.10 Å². The Kier molecular flexibility index (Phi) is 7.30. The fourth-order valence-corrected chi connectivity index (χ4v) is 2.42. The van der Waals surface area contributed by atoms with E-state index in [1.807, 2.05) is 0 Å². The quantitative estimate of drug-likeness (QED) is 0.669. The minimum atomic E-state index is 0.114.